The Labute approximate surface area is 196 Å². The number of rotatable bonds is 4. The molecule has 2 unspecified atom stereocenters. The fourth-order valence-corrected chi connectivity index (χ4v) is 4.70. The van der Waals surface area contributed by atoms with Crippen molar-refractivity contribution in [2.75, 3.05) is 32.8 Å². The lowest BCUT2D eigenvalue weighted by molar-refractivity contribution is -0.143. The lowest BCUT2D eigenvalue weighted by Crippen LogP contribution is -2.54. The van der Waals surface area contributed by atoms with E-state index in [2.05, 4.69) is 69.4 Å². The summed E-state index contributed by atoms with van der Waals surface area (Å²) in [6, 6.07) is 26.7. The lowest BCUT2D eigenvalue weighted by Gasteiger charge is -2.41. The summed E-state index contributed by atoms with van der Waals surface area (Å²) < 4.78 is 12.8. The molecular formula is C26H25BrN2O3. The molecule has 164 valence electrons. The molecule has 2 aliphatic heterocycles. The van der Waals surface area contributed by atoms with Crippen molar-refractivity contribution in [1.82, 2.24) is 9.80 Å². The van der Waals surface area contributed by atoms with Crippen LogP contribution in [0.1, 0.15) is 17.2 Å². The number of piperazine rings is 1. The molecule has 2 atom stereocenters. The van der Waals surface area contributed by atoms with Gasteiger partial charge >= 0.3 is 0 Å². The monoisotopic (exact) mass is 492 g/mol. The number of halogens is 1. The van der Waals surface area contributed by atoms with E-state index < -0.39 is 6.10 Å². The highest BCUT2D eigenvalue weighted by Crippen LogP contribution is 2.33. The molecule has 1 fully saturated rings. The molecule has 0 spiro atoms. The van der Waals surface area contributed by atoms with Crippen LogP contribution in [0.25, 0.3) is 0 Å². The molecule has 0 aromatic heterocycles. The van der Waals surface area contributed by atoms with E-state index in [0.29, 0.717) is 24.6 Å². The van der Waals surface area contributed by atoms with Gasteiger partial charge in [-0.15, -0.1) is 0 Å². The fraction of sp³-hybridized carbons (Fsp3) is 0.269. The first-order valence-electron chi connectivity index (χ1n) is 10.9. The third-order valence-electron chi connectivity index (χ3n) is 6.08. The average Bonchev–Trinajstić information content (AvgIpc) is 2.86. The summed E-state index contributed by atoms with van der Waals surface area (Å²) in [4.78, 5) is 17.5. The van der Waals surface area contributed by atoms with E-state index in [9.17, 15) is 4.79 Å². The highest BCUT2D eigenvalue weighted by molar-refractivity contribution is 9.10. The number of benzene rings is 3. The largest absolute Gasteiger partial charge is 0.485 e. The third kappa shape index (κ3) is 4.38. The molecule has 0 N–H and O–H groups in total. The maximum Gasteiger partial charge on any atom is 0.267 e. The van der Waals surface area contributed by atoms with E-state index in [4.69, 9.17) is 9.47 Å². The maximum absolute atomic E-state index is 13.1. The molecule has 2 aliphatic rings. The Morgan fingerprint density at radius 2 is 1.44 bits per heavy atom. The van der Waals surface area contributed by atoms with Crippen molar-refractivity contribution in [3.63, 3.8) is 0 Å². The second kappa shape index (κ2) is 9.35. The number of ether oxygens (including phenoxy) is 2. The van der Waals surface area contributed by atoms with Gasteiger partial charge in [0.1, 0.15) is 6.61 Å². The highest BCUT2D eigenvalue weighted by Gasteiger charge is 2.34. The molecule has 5 nitrogen and oxygen atoms in total. The first kappa shape index (κ1) is 21.0. The summed E-state index contributed by atoms with van der Waals surface area (Å²) in [6.07, 6.45) is -0.590. The van der Waals surface area contributed by atoms with Gasteiger partial charge in [-0.1, -0.05) is 70.5 Å². The first-order valence-corrected chi connectivity index (χ1v) is 11.7. The predicted molar refractivity (Wildman–Crippen MR) is 127 cm³/mol. The van der Waals surface area contributed by atoms with Crippen molar-refractivity contribution < 1.29 is 14.3 Å². The molecule has 5 rings (SSSR count). The number of carbonyl (C=O) groups is 1. The minimum Gasteiger partial charge on any atom is -0.485 e. The van der Waals surface area contributed by atoms with Crippen LogP contribution in [0.3, 0.4) is 0 Å². The van der Waals surface area contributed by atoms with Gasteiger partial charge in [0, 0.05) is 30.7 Å². The number of amides is 1. The molecule has 6 heteroatoms. The van der Waals surface area contributed by atoms with E-state index in [-0.39, 0.29) is 18.6 Å². The van der Waals surface area contributed by atoms with Gasteiger partial charge in [0.05, 0.1) is 6.04 Å². The van der Waals surface area contributed by atoms with Crippen LogP contribution in [0.4, 0.5) is 0 Å². The SMILES string of the molecule is O=C(C1COc2ccccc2O1)N1CCN(C(c2ccccc2)c2ccc(Br)cc2)CC1. The quantitative estimate of drug-likeness (QED) is 0.536. The second-order valence-corrected chi connectivity index (χ2v) is 9.01. The van der Waals surface area contributed by atoms with Gasteiger partial charge in [0.2, 0.25) is 6.10 Å². The Kier molecular flexibility index (Phi) is 6.14. The molecule has 2 heterocycles. The van der Waals surface area contributed by atoms with Gasteiger partial charge < -0.3 is 14.4 Å². The van der Waals surface area contributed by atoms with Crippen molar-refractivity contribution in [3.05, 3.63) is 94.5 Å². The van der Waals surface area contributed by atoms with Crippen molar-refractivity contribution >= 4 is 21.8 Å². The average molecular weight is 493 g/mol. The van der Waals surface area contributed by atoms with Gasteiger partial charge in [-0.3, -0.25) is 9.69 Å². The Balaban J connectivity index is 1.28. The molecule has 32 heavy (non-hydrogen) atoms. The Morgan fingerprint density at radius 3 is 2.16 bits per heavy atom. The summed E-state index contributed by atoms with van der Waals surface area (Å²) in [5.74, 6) is 1.33. The molecule has 3 aromatic rings. The van der Waals surface area contributed by atoms with Gasteiger partial charge in [-0.2, -0.15) is 0 Å². The van der Waals surface area contributed by atoms with E-state index >= 15 is 0 Å². The fourth-order valence-electron chi connectivity index (χ4n) is 4.44. The minimum atomic E-state index is -0.590. The maximum atomic E-state index is 13.1. The zero-order valence-corrected chi connectivity index (χ0v) is 19.3. The van der Waals surface area contributed by atoms with Crippen LogP contribution in [-0.4, -0.2) is 54.6 Å². The van der Waals surface area contributed by atoms with Gasteiger partial charge in [-0.25, -0.2) is 0 Å². The molecule has 0 saturated carbocycles. The van der Waals surface area contributed by atoms with Crippen molar-refractivity contribution in [2.24, 2.45) is 0 Å². The molecule has 0 bridgehead atoms. The Morgan fingerprint density at radius 1 is 0.812 bits per heavy atom. The number of hydrogen-bond acceptors (Lipinski definition) is 4. The number of fused-ring (bicyclic) bond motifs is 1. The van der Waals surface area contributed by atoms with Crippen molar-refractivity contribution in [3.8, 4) is 11.5 Å². The molecular weight excluding hydrogens is 468 g/mol. The number of hydrogen-bond donors (Lipinski definition) is 0. The van der Waals surface area contributed by atoms with Crippen LogP contribution in [0, 0.1) is 0 Å². The molecule has 0 radical (unpaired) electrons. The Hall–Kier alpha value is -2.83. The van der Waals surface area contributed by atoms with E-state index in [1.807, 2.05) is 35.2 Å². The molecule has 1 saturated heterocycles. The molecule has 1 amide bonds. The second-order valence-electron chi connectivity index (χ2n) is 8.09. The van der Waals surface area contributed by atoms with Crippen LogP contribution < -0.4 is 9.47 Å². The van der Waals surface area contributed by atoms with Crippen LogP contribution in [0.5, 0.6) is 11.5 Å². The predicted octanol–water partition coefficient (Wildman–Crippen LogP) is 4.52. The lowest BCUT2D eigenvalue weighted by atomic mass is 9.96. The minimum absolute atomic E-state index is 0.000874. The summed E-state index contributed by atoms with van der Waals surface area (Å²) in [5.41, 5.74) is 2.51. The smallest absolute Gasteiger partial charge is 0.267 e. The third-order valence-corrected chi connectivity index (χ3v) is 6.60. The summed E-state index contributed by atoms with van der Waals surface area (Å²) in [6.45, 7) is 3.18. The Bertz CT molecular complexity index is 1070. The van der Waals surface area contributed by atoms with E-state index in [0.717, 1.165) is 17.6 Å². The number of para-hydroxylation sites is 2. The zero-order chi connectivity index (χ0) is 21.9. The van der Waals surface area contributed by atoms with Crippen molar-refractivity contribution in [1.29, 1.82) is 0 Å². The highest BCUT2D eigenvalue weighted by atomic mass is 79.9. The van der Waals surface area contributed by atoms with Gasteiger partial charge in [0.25, 0.3) is 5.91 Å². The summed E-state index contributed by atoms with van der Waals surface area (Å²) >= 11 is 3.54. The van der Waals surface area contributed by atoms with E-state index in [1.165, 1.54) is 11.1 Å². The van der Waals surface area contributed by atoms with E-state index in [1.54, 1.807) is 0 Å². The van der Waals surface area contributed by atoms with Crippen LogP contribution in [0.15, 0.2) is 83.3 Å². The number of carbonyl (C=O) groups excluding carboxylic acids is 1. The zero-order valence-electron chi connectivity index (χ0n) is 17.7. The molecule has 3 aromatic carbocycles. The van der Waals surface area contributed by atoms with Crippen molar-refractivity contribution in [2.45, 2.75) is 12.1 Å². The topological polar surface area (TPSA) is 42.0 Å². The van der Waals surface area contributed by atoms with Gasteiger partial charge in [-0.05, 0) is 35.4 Å². The first-order chi connectivity index (χ1) is 15.7. The standard InChI is InChI=1S/C26H25BrN2O3/c27-21-12-10-20(11-13-21)25(19-6-2-1-3-7-19)28-14-16-29(17-15-28)26(30)24-18-31-22-8-4-5-9-23(22)32-24/h1-13,24-25H,14-18H2. The van der Waals surface area contributed by atoms with Crippen LogP contribution in [-0.2, 0) is 4.79 Å². The number of nitrogens with zero attached hydrogens (tertiary/aromatic N) is 2. The van der Waals surface area contributed by atoms with Gasteiger partial charge in [0.15, 0.2) is 11.5 Å². The molecule has 0 aliphatic carbocycles. The van der Waals surface area contributed by atoms with Crippen LogP contribution >= 0.6 is 15.9 Å². The normalized spacial score (nSPS) is 19.4. The summed E-state index contributed by atoms with van der Waals surface area (Å²) in [5, 5.41) is 0. The van der Waals surface area contributed by atoms with Crippen LogP contribution in [0.2, 0.25) is 0 Å². The summed E-state index contributed by atoms with van der Waals surface area (Å²) in [7, 11) is 0.